The molecule has 0 saturated heterocycles. The Labute approximate surface area is 88.0 Å². The Bertz CT molecular complexity index is 360. The third kappa shape index (κ3) is 2.91. The van der Waals surface area contributed by atoms with E-state index >= 15 is 0 Å². The molecule has 1 rings (SSSR count). The van der Waals surface area contributed by atoms with Crippen molar-refractivity contribution in [3.05, 3.63) is 28.8 Å². The molecule has 0 amide bonds. The van der Waals surface area contributed by atoms with Crippen LogP contribution in [0.25, 0.3) is 0 Å². The molecule has 1 aromatic carbocycles. The monoisotopic (exact) mass is 210 g/mol. The van der Waals surface area contributed by atoms with E-state index in [4.69, 9.17) is 27.3 Å². The summed E-state index contributed by atoms with van der Waals surface area (Å²) in [7, 11) is 0. The lowest BCUT2D eigenvalue weighted by Gasteiger charge is -2.08. The molecule has 0 saturated carbocycles. The van der Waals surface area contributed by atoms with Gasteiger partial charge in [0.05, 0.1) is 6.07 Å². The highest BCUT2D eigenvalue weighted by atomic mass is 35.5. The van der Waals surface area contributed by atoms with E-state index in [1.807, 2.05) is 19.1 Å². The van der Waals surface area contributed by atoms with E-state index in [1.54, 1.807) is 12.1 Å². The van der Waals surface area contributed by atoms with Crippen molar-refractivity contribution in [2.24, 2.45) is 5.73 Å². The number of nitrogens with two attached hydrogens (primary N) is 1. The molecule has 0 aliphatic carbocycles. The van der Waals surface area contributed by atoms with Gasteiger partial charge in [0.1, 0.15) is 18.4 Å². The highest BCUT2D eigenvalue weighted by molar-refractivity contribution is 6.31. The predicted molar refractivity (Wildman–Crippen MR) is 55.3 cm³/mol. The fourth-order valence-corrected chi connectivity index (χ4v) is 1.05. The first-order valence-corrected chi connectivity index (χ1v) is 4.55. The molecule has 0 aliphatic heterocycles. The predicted octanol–water partition coefficient (Wildman–Crippen LogP) is 1.88. The smallest absolute Gasteiger partial charge is 0.127 e. The Hall–Kier alpha value is -1.24. The minimum atomic E-state index is -0.592. The van der Waals surface area contributed by atoms with E-state index in [0.29, 0.717) is 10.8 Å². The molecule has 74 valence electrons. The average Bonchev–Trinajstić information content (AvgIpc) is 2.19. The van der Waals surface area contributed by atoms with Gasteiger partial charge in [0.25, 0.3) is 0 Å². The Morgan fingerprint density at radius 3 is 2.93 bits per heavy atom. The number of rotatable bonds is 3. The highest BCUT2D eigenvalue weighted by Gasteiger charge is 2.02. The molecule has 0 fully saturated rings. The third-order valence-corrected chi connectivity index (χ3v) is 2.15. The first kappa shape index (κ1) is 10.8. The lowest BCUT2D eigenvalue weighted by Crippen LogP contribution is -2.25. The molecular formula is C10H11ClN2O. The van der Waals surface area contributed by atoms with Gasteiger partial charge >= 0.3 is 0 Å². The molecule has 0 heterocycles. The van der Waals surface area contributed by atoms with Crippen molar-refractivity contribution in [3.8, 4) is 11.8 Å². The van der Waals surface area contributed by atoms with E-state index < -0.39 is 6.04 Å². The molecule has 0 aliphatic rings. The number of halogens is 1. The van der Waals surface area contributed by atoms with E-state index in [2.05, 4.69) is 0 Å². The summed E-state index contributed by atoms with van der Waals surface area (Å²) in [5.41, 5.74) is 6.32. The van der Waals surface area contributed by atoms with E-state index in [1.165, 1.54) is 0 Å². The molecule has 1 atom stereocenters. The van der Waals surface area contributed by atoms with Gasteiger partial charge in [-0.2, -0.15) is 5.26 Å². The van der Waals surface area contributed by atoms with Crippen LogP contribution in [0.15, 0.2) is 18.2 Å². The number of hydrogen-bond donors (Lipinski definition) is 1. The highest BCUT2D eigenvalue weighted by Crippen LogP contribution is 2.20. The zero-order chi connectivity index (χ0) is 10.6. The summed E-state index contributed by atoms with van der Waals surface area (Å²) in [5.74, 6) is 0.678. The van der Waals surface area contributed by atoms with Crippen LogP contribution >= 0.6 is 11.6 Å². The molecular weight excluding hydrogens is 200 g/mol. The average molecular weight is 211 g/mol. The van der Waals surface area contributed by atoms with E-state index in [9.17, 15) is 0 Å². The maximum Gasteiger partial charge on any atom is 0.127 e. The lowest BCUT2D eigenvalue weighted by atomic mass is 10.2. The summed E-state index contributed by atoms with van der Waals surface area (Å²) in [6, 6.07) is 6.61. The zero-order valence-electron chi connectivity index (χ0n) is 7.83. The van der Waals surface area contributed by atoms with Crippen LogP contribution in [0, 0.1) is 18.3 Å². The number of nitriles is 1. The van der Waals surface area contributed by atoms with Crippen LogP contribution < -0.4 is 10.5 Å². The Kier molecular flexibility index (Phi) is 3.75. The molecule has 3 nitrogen and oxygen atoms in total. The van der Waals surface area contributed by atoms with Crippen molar-refractivity contribution in [1.29, 1.82) is 5.26 Å². The van der Waals surface area contributed by atoms with Crippen molar-refractivity contribution in [2.45, 2.75) is 13.0 Å². The SMILES string of the molecule is Cc1cc(OCC(N)C#N)ccc1Cl. The minimum absolute atomic E-state index is 0.192. The molecule has 1 aromatic rings. The lowest BCUT2D eigenvalue weighted by molar-refractivity contribution is 0.308. The topological polar surface area (TPSA) is 59.0 Å². The number of nitrogens with zero attached hydrogens (tertiary/aromatic N) is 1. The standard InChI is InChI=1S/C10H11ClN2O/c1-7-4-9(2-3-10(7)11)14-6-8(13)5-12/h2-4,8H,6,13H2,1H3. The fraction of sp³-hybridized carbons (Fsp3) is 0.300. The Morgan fingerprint density at radius 2 is 2.36 bits per heavy atom. The normalized spacial score (nSPS) is 11.9. The first-order valence-electron chi connectivity index (χ1n) is 4.17. The van der Waals surface area contributed by atoms with Gasteiger partial charge in [0, 0.05) is 5.02 Å². The summed E-state index contributed by atoms with van der Waals surface area (Å²) in [5, 5.41) is 9.13. The Balaban J connectivity index is 2.61. The second-order valence-electron chi connectivity index (χ2n) is 2.96. The Morgan fingerprint density at radius 1 is 1.64 bits per heavy atom. The third-order valence-electron chi connectivity index (χ3n) is 1.72. The number of hydrogen-bond acceptors (Lipinski definition) is 3. The largest absolute Gasteiger partial charge is 0.491 e. The molecule has 0 radical (unpaired) electrons. The van der Waals surface area contributed by atoms with Gasteiger partial charge < -0.3 is 10.5 Å². The van der Waals surface area contributed by atoms with Crippen molar-refractivity contribution in [1.82, 2.24) is 0 Å². The zero-order valence-corrected chi connectivity index (χ0v) is 8.58. The summed E-state index contributed by atoms with van der Waals surface area (Å²) in [6.45, 7) is 2.08. The fourth-order valence-electron chi connectivity index (χ4n) is 0.930. The van der Waals surface area contributed by atoms with Crippen molar-refractivity contribution >= 4 is 11.6 Å². The van der Waals surface area contributed by atoms with Gasteiger partial charge in [-0.25, -0.2) is 0 Å². The van der Waals surface area contributed by atoms with Crippen LogP contribution in [-0.2, 0) is 0 Å². The molecule has 1 unspecified atom stereocenters. The van der Waals surface area contributed by atoms with Crippen LogP contribution in [0.5, 0.6) is 5.75 Å². The van der Waals surface area contributed by atoms with Gasteiger partial charge in [-0.3, -0.25) is 0 Å². The van der Waals surface area contributed by atoms with Gasteiger partial charge in [0.15, 0.2) is 0 Å². The van der Waals surface area contributed by atoms with Gasteiger partial charge in [-0.1, -0.05) is 11.6 Å². The summed E-state index contributed by atoms with van der Waals surface area (Å²) < 4.78 is 5.29. The van der Waals surface area contributed by atoms with Crippen molar-refractivity contribution in [2.75, 3.05) is 6.61 Å². The summed E-state index contributed by atoms with van der Waals surface area (Å²) in [6.07, 6.45) is 0. The van der Waals surface area contributed by atoms with Crippen LogP contribution in [0.1, 0.15) is 5.56 Å². The maximum atomic E-state index is 8.44. The van der Waals surface area contributed by atoms with Gasteiger partial charge in [-0.15, -0.1) is 0 Å². The van der Waals surface area contributed by atoms with Crippen LogP contribution in [0.2, 0.25) is 5.02 Å². The second kappa shape index (κ2) is 4.85. The second-order valence-corrected chi connectivity index (χ2v) is 3.36. The first-order chi connectivity index (χ1) is 6.63. The molecule has 2 N–H and O–H groups in total. The minimum Gasteiger partial charge on any atom is -0.491 e. The summed E-state index contributed by atoms with van der Waals surface area (Å²) in [4.78, 5) is 0. The van der Waals surface area contributed by atoms with Crippen LogP contribution in [-0.4, -0.2) is 12.6 Å². The molecule has 0 aromatic heterocycles. The number of ether oxygens (including phenoxy) is 1. The molecule has 0 bridgehead atoms. The van der Waals surface area contributed by atoms with Crippen molar-refractivity contribution in [3.63, 3.8) is 0 Å². The molecule has 0 spiro atoms. The summed E-state index contributed by atoms with van der Waals surface area (Å²) >= 11 is 5.84. The van der Waals surface area contributed by atoms with Crippen molar-refractivity contribution < 1.29 is 4.74 Å². The van der Waals surface area contributed by atoms with Crippen LogP contribution in [0.3, 0.4) is 0 Å². The van der Waals surface area contributed by atoms with E-state index in [-0.39, 0.29) is 6.61 Å². The quantitative estimate of drug-likeness (QED) is 0.829. The van der Waals surface area contributed by atoms with Crippen LogP contribution in [0.4, 0.5) is 0 Å². The van der Waals surface area contributed by atoms with Gasteiger partial charge in [0.2, 0.25) is 0 Å². The molecule has 4 heteroatoms. The molecule has 14 heavy (non-hydrogen) atoms. The van der Waals surface area contributed by atoms with Gasteiger partial charge in [-0.05, 0) is 30.7 Å². The van der Waals surface area contributed by atoms with E-state index in [0.717, 1.165) is 5.56 Å². The number of aryl methyl sites for hydroxylation is 1. The number of benzene rings is 1. The maximum absolute atomic E-state index is 8.44.